The van der Waals surface area contributed by atoms with Crippen LogP contribution in [0.1, 0.15) is 0 Å². The van der Waals surface area contributed by atoms with Gasteiger partial charge in [-0.1, -0.05) is 0 Å². The van der Waals surface area contributed by atoms with Crippen LogP contribution in [0.15, 0.2) is 0 Å². The molecular weight excluding hydrogens is 177 g/mol. The van der Waals surface area contributed by atoms with Gasteiger partial charge in [0.2, 0.25) is 0 Å². The van der Waals surface area contributed by atoms with E-state index in [4.69, 9.17) is 9.05 Å². The molecule has 0 aromatic carbocycles. The Morgan fingerprint density at radius 1 is 1.42 bits per heavy atom. The molecule has 0 unspecified atom stereocenters. The maximum atomic E-state index is 11.5. The summed E-state index contributed by atoms with van der Waals surface area (Å²) in [7, 11) is 1.88. The van der Waals surface area contributed by atoms with E-state index in [0.717, 1.165) is 0 Å². The third-order valence-electron chi connectivity index (χ3n) is 1.69. The van der Waals surface area contributed by atoms with Crippen LogP contribution >= 0.6 is 7.60 Å². The van der Waals surface area contributed by atoms with Crippen molar-refractivity contribution < 1.29 is 13.6 Å². The van der Waals surface area contributed by atoms with Crippen LogP contribution < -0.4 is 0 Å². The minimum atomic E-state index is -2.82. The molecule has 0 aliphatic heterocycles. The number of hydrogen-bond acceptors (Lipinski definition) is 4. The molecule has 0 aromatic rings. The minimum absolute atomic E-state index is 0.409. The quantitative estimate of drug-likeness (QED) is 0.596. The van der Waals surface area contributed by atoms with Crippen molar-refractivity contribution in [3.05, 3.63) is 6.92 Å². The standard InChI is InChI=1S/C7H17NO3P/c1-5-8(2)6-7-12(9,10-3)11-4/h1,5-7H2,2-4H3. The number of rotatable bonds is 6. The molecule has 0 aromatic heterocycles. The first kappa shape index (κ1) is 12.1. The van der Waals surface area contributed by atoms with Crippen LogP contribution in [0.25, 0.3) is 0 Å². The average molecular weight is 194 g/mol. The van der Waals surface area contributed by atoms with E-state index in [1.165, 1.54) is 14.2 Å². The van der Waals surface area contributed by atoms with Crippen molar-refractivity contribution in [3.8, 4) is 0 Å². The molecule has 5 heteroatoms. The summed E-state index contributed by atoms with van der Waals surface area (Å²) in [4.78, 5) is 1.95. The van der Waals surface area contributed by atoms with E-state index in [1.807, 2.05) is 11.9 Å². The van der Waals surface area contributed by atoms with Crippen LogP contribution in [0, 0.1) is 6.92 Å². The lowest BCUT2D eigenvalue weighted by molar-refractivity contribution is 0.268. The Balaban J connectivity index is 3.81. The summed E-state index contributed by atoms with van der Waals surface area (Å²) in [6, 6.07) is 0. The van der Waals surface area contributed by atoms with E-state index in [9.17, 15) is 4.57 Å². The molecule has 0 aliphatic rings. The third-order valence-corrected chi connectivity index (χ3v) is 3.55. The van der Waals surface area contributed by atoms with Crippen LogP contribution in [0.2, 0.25) is 0 Å². The lowest BCUT2D eigenvalue weighted by Crippen LogP contribution is -2.22. The SMILES string of the molecule is [CH2]CN(C)CCP(=O)(OC)OC. The summed E-state index contributed by atoms with van der Waals surface area (Å²) in [5, 5.41) is 0. The van der Waals surface area contributed by atoms with Crippen LogP contribution in [-0.4, -0.2) is 45.4 Å². The fourth-order valence-electron chi connectivity index (χ4n) is 0.662. The van der Waals surface area contributed by atoms with Crippen molar-refractivity contribution in [2.75, 3.05) is 40.5 Å². The van der Waals surface area contributed by atoms with Crippen LogP contribution in [0.5, 0.6) is 0 Å². The van der Waals surface area contributed by atoms with Gasteiger partial charge in [-0.2, -0.15) is 0 Å². The largest absolute Gasteiger partial charge is 0.331 e. The molecule has 0 fully saturated rings. The van der Waals surface area contributed by atoms with Crippen molar-refractivity contribution in [1.29, 1.82) is 0 Å². The maximum Gasteiger partial charge on any atom is 0.331 e. The first-order chi connectivity index (χ1) is 5.58. The van der Waals surface area contributed by atoms with Gasteiger partial charge in [0, 0.05) is 20.8 Å². The highest BCUT2D eigenvalue weighted by Gasteiger charge is 2.20. The monoisotopic (exact) mass is 194 g/mol. The van der Waals surface area contributed by atoms with E-state index >= 15 is 0 Å². The van der Waals surface area contributed by atoms with Gasteiger partial charge in [0.05, 0.1) is 6.16 Å². The second kappa shape index (κ2) is 5.70. The topological polar surface area (TPSA) is 38.8 Å². The molecular formula is C7H17NO3P. The van der Waals surface area contributed by atoms with E-state index in [0.29, 0.717) is 19.3 Å². The molecule has 0 heterocycles. The van der Waals surface area contributed by atoms with Gasteiger partial charge >= 0.3 is 7.60 Å². The van der Waals surface area contributed by atoms with Crippen molar-refractivity contribution in [2.45, 2.75) is 0 Å². The molecule has 73 valence electrons. The molecule has 0 spiro atoms. The Hall–Kier alpha value is 0.110. The fourth-order valence-corrected chi connectivity index (χ4v) is 1.76. The van der Waals surface area contributed by atoms with Gasteiger partial charge in [0.15, 0.2) is 0 Å². The molecule has 4 nitrogen and oxygen atoms in total. The lowest BCUT2D eigenvalue weighted by Gasteiger charge is -2.17. The fraction of sp³-hybridized carbons (Fsp3) is 0.857. The highest BCUT2D eigenvalue weighted by molar-refractivity contribution is 7.53. The molecule has 0 bridgehead atoms. The van der Waals surface area contributed by atoms with E-state index in [1.54, 1.807) is 0 Å². The zero-order valence-corrected chi connectivity index (χ0v) is 8.84. The highest BCUT2D eigenvalue weighted by atomic mass is 31.2. The highest BCUT2D eigenvalue weighted by Crippen LogP contribution is 2.45. The van der Waals surface area contributed by atoms with E-state index in [-0.39, 0.29) is 0 Å². The lowest BCUT2D eigenvalue weighted by atomic mass is 10.6. The van der Waals surface area contributed by atoms with Gasteiger partial charge in [0.1, 0.15) is 0 Å². The van der Waals surface area contributed by atoms with Crippen molar-refractivity contribution in [1.82, 2.24) is 4.90 Å². The Labute approximate surface area is 74.4 Å². The minimum Gasteiger partial charge on any atom is -0.312 e. The molecule has 0 rings (SSSR count). The molecule has 0 atom stereocenters. The summed E-state index contributed by atoms with van der Waals surface area (Å²) in [6.45, 7) is 5.05. The molecule has 0 N–H and O–H groups in total. The maximum absolute atomic E-state index is 11.5. The van der Waals surface area contributed by atoms with Gasteiger partial charge in [-0.05, 0) is 20.5 Å². The third kappa shape index (κ3) is 4.21. The Kier molecular flexibility index (Phi) is 5.76. The van der Waals surface area contributed by atoms with E-state index < -0.39 is 7.60 Å². The average Bonchev–Trinajstić information content (AvgIpc) is 2.13. The number of hydrogen-bond donors (Lipinski definition) is 0. The normalized spacial score (nSPS) is 12.4. The first-order valence-electron chi connectivity index (χ1n) is 3.76. The van der Waals surface area contributed by atoms with Crippen LogP contribution in [0.4, 0.5) is 0 Å². The van der Waals surface area contributed by atoms with Crippen LogP contribution in [0.3, 0.4) is 0 Å². The summed E-state index contributed by atoms with van der Waals surface area (Å²) >= 11 is 0. The van der Waals surface area contributed by atoms with Crippen molar-refractivity contribution in [2.24, 2.45) is 0 Å². The zero-order chi connectivity index (χ0) is 9.61. The first-order valence-corrected chi connectivity index (χ1v) is 5.49. The van der Waals surface area contributed by atoms with E-state index in [2.05, 4.69) is 6.92 Å². The summed E-state index contributed by atoms with van der Waals surface area (Å²) in [5.41, 5.74) is 0. The second-order valence-electron chi connectivity index (χ2n) is 2.50. The van der Waals surface area contributed by atoms with Crippen molar-refractivity contribution in [3.63, 3.8) is 0 Å². The summed E-state index contributed by atoms with van der Waals surface area (Å²) < 4.78 is 21.0. The Morgan fingerprint density at radius 2 is 1.92 bits per heavy atom. The molecule has 0 amide bonds. The van der Waals surface area contributed by atoms with Gasteiger partial charge in [-0.3, -0.25) is 4.57 Å². The molecule has 12 heavy (non-hydrogen) atoms. The van der Waals surface area contributed by atoms with Gasteiger partial charge in [-0.15, -0.1) is 0 Å². The van der Waals surface area contributed by atoms with Crippen LogP contribution in [-0.2, 0) is 13.6 Å². The molecule has 0 aliphatic carbocycles. The number of nitrogens with zero attached hydrogens (tertiary/aromatic N) is 1. The second-order valence-corrected chi connectivity index (χ2v) is 4.90. The summed E-state index contributed by atoms with van der Waals surface area (Å²) in [5.74, 6) is 0. The Morgan fingerprint density at radius 3 is 2.25 bits per heavy atom. The predicted octanol–water partition coefficient (Wildman–Crippen LogP) is 1.24. The van der Waals surface area contributed by atoms with Gasteiger partial charge in [-0.25, -0.2) is 0 Å². The molecule has 0 saturated carbocycles. The van der Waals surface area contributed by atoms with Crippen molar-refractivity contribution >= 4 is 7.60 Å². The molecule has 1 radical (unpaired) electrons. The zero-order valence-electron chi connectivity index (χ0n) is 7.95. The summed E-state index contributed by atoms with van der Waals surface area (Å²) in [6.07, 6.45) is 0.409. The predicted molar refractivity (Wildman–Crippen MR) is 49.3 cm³/mol. The molecule has 0 saturated heterocycles. The van der Waals surface area contributed by atoms with Gasteiger partial charge < -0.3 is 13.9 Å². The smallest absolute Gasteiger partial charge is 0.312 e. The van der Waals surface area contributed by atoms with Gasteiger partial charge in [0.25, 0.3) is 0 Å². The Bertz CT molecular complexity index is 155.